The van der Waals surface area contributed by atoms with Crippen molar-refractivity contribution in [2.45, 2.75) is 26.2 Å². The van der Waals surface area contributed by atoms with Crippen LogP contribution in [0.2, 0.25) is 0 Å². The second kappa shape index (κ2) is 7.87. The summed E-state index contributed by atoms with van der Waals surface area (Å²) in [5, 5.41) is 19.2. The Morgan fingerprint density at radius 1 is 1.33 bits per heavy atom. The molecule has 1 aliphatic rings. The van der Waals surface area contributed by atoms with E-state index in [1.165, 1.54) is 11.8 Å². The van der Waals surface area contributed by atoms with E-state index in [1.807, 2.05) is 24.3 Å². The molecule has 3 rings (SSSR count). The largest absolute Gasteiger partial charge is 0.421 e. The van der Waals surface area contributed by atoms with Crippen LogP contribution < -0.4 is 5.32 Å². The normalized spacial score (nSPS) is 16.2. The molecule has 1 N–H and O–H groups in total. The Balaban J connectivity index is 1.62. The van der Waals surface area contributed by atoms with Crippen LogP contribution in [0.15, 0.2) is 38.9 Å². The van der Waals surface area contributed by atoms with Crippen molar-refractivity contribution in [3.05, 3.63) is 35.7 Å². The van der Waals surface area contributed by atoms with Gasteiger partial charge in [-0.1, -0.05) is 37.2 Å². The fourth-order valence-corrected chi connectivity index (χ4v) is 2.67. The van der Waals surface area contributed by atoms with Crippen molar-refractivity contribution in [1.29, 1.82) is 0 Å². The van der Waals surface area contributed by atoms with E-state index in [9.17, 15) is 4.79 Å². The summed E-state index contributed by atoms with van der Waals surface area (Å²) < 4.78 is 5.65. The quantitative estimate of drug-likeness (QED) is 0.643. The van der Waals surface area contributed by atoms with Crippen LogP contribution in [-0.4, -0.2) is 33.2 Å². The monoisotopic (exact) mass is 343 g/mol. The number of amides is 1. The maximum absolute atomic E-state index is 11.0. The molecule has 8 heteroatoms. The van der Waals surface area contributed by atoms with Crippen LogP contribution in [0.5, 0.6) is 0 Å². The number of hydrogen-bond acceptors (Lipinski definition) is 7. The van der Waals surface area contributed by atoms with E-state index in [0.29, 0.717) is 22.7 Å². The van der Waals surface area contributed by atoms with Crippen LogP contribution in [0.3, 0.4) is 0 Å². The average Bonchev–Trinajstić information content (AvgIpc) is 3.23. The van der Waals surface area contributed by atoms with Gasteiger partial charge < -0.3 is 9.73 Å². The van der Waals surface area contributed by atoms with Crippen molar-refractivity contribution in [3.8, 4) is 11.5 Å². The third kappa shape index (κ3) is 4.29. The maximum atomic E-state index is 11.0. The van der Waals surface area contributed by atoms with E-state index in [4.69, 9.17) is 4.42 Å². The van der Waals surface area contributed by atoms with Crippen molar-refractivity contribution in [2.24, 2.45) is 10.2 Å². The molecule has 1 saturated heterocycles. The lowest BCUT2D eigenvalue weighted by Crippen LogP contribution is -2.19. The van der Waals surface area contributed by atoms with Gasteiger partial charge in [0.25, 0.3) is 0 Å². The minimum absolute atomic E-state index is 0.0452. The smallest absolute Gasteiger partial charge is 0.247 e. The second-order valence-corrected chi connectivity index (χ2v) is 6.18. The Hall–Kier alpha value is -2.48. The minimum Gasteiger partial charge on any atom is -0.421 e. The zero-order chi connectivity index (χ0) is 16.8. The van der Waals surface area contributed by atoms with Gasteiger partial charge in [-0.25, -0.2) is 0 Å². The summed E-state index contributed by atoms with van der Waals surface area (Å²) in [4.78, 5) is 11.0. The number of hydrogen-bond donors (Lipinski definition) is 1. The first-order valence-corrected chi connectivity index (χ1v) is 8.69. The molecule has 1 aromatic heterocycles. The van der Waals surface area contributed by atoms with E-state index in [0.717, 1.165) is 30.4 Å². The van der Waals surface area contributed by atoms with Crippen molar-refractivity contribution < 1.29 is 9.21 Å². The second-order valence-electron chi connectivity index (χ2n) is 5.21. The third-order valence-corrected chi connectivity index (χ3v) is 4.17. The van der Waals surface area contributed by atoms with Crippen LogP contribution in [0, 0.1) is 0 Å². The zero-order valence-corrected chi connectivity index (χ0v) is 14.0. The van der Waals surface area contributed by atoms with Gasteiger partial charge in [-0.3, -0.25) is 4.79 Å². The van der Waals surface area contributed by atoms with Gasteiger partial charge in [-0.05, 0) is 24.1 Å². The summed E-state index contributed by atoms with van der Waals surface area (Å²) in [5.74, 6) is 1.54. The molecular weight excluding hydrogens is 326 g/mol. The fourth-order valence-electron chi connectivity index (χ4n) is 2.04. The van der Waals surface area contributed by atoms with Gasteiger partial charge in [0.15, 0.2) is 5.17 Å². The minimum atomic E-state index is -0.0452. The molecule has 124 valence electrons. The molecule has 7 nitrogen and oxygen atoms in total. The lowest BCUT2D eigenvalue weighted by Gasteiger charge is -1.96. The van der Waals surface area contributed by atoms with Crippen LogP contribution in [0.1, 0.15) is 31.2 Å². The summed E-state index contributed by atoms with van der Waals surface area (Å²) in [5.41, 5.74) is 1.76. The molecule has 2 heterocycles. The highest BCUT2D eigenvalue weighted by Gasteiger charge is 2.15. The SMILES string of the molecule is CCCCc1nnc(-c2ccc(C=NN=C3NC(=O)CS3)cc2)o1. The first kappa shape index (κ1) is 16.4. The Morgan fingerprint density at radius 3 is 2.88 bits per heavy atom. The summed E-state index contributed by atoms with van der Waals surface area (Å²) in [6, 6.07) is 7.60. The molecule has 1 aliphatic heterocycles. The number of unbranched alkanes of at least 4 members (excludes halogenated alkanes) is 1. The van der Waals surface area contributed by atoms with Crippen molar-refractivity contribution in [1.82, 2.24) is 15.5 Å². The number of carbonyl (C=O) groups is 1. The van der Waals surface area contributed by atoms with Crippen LogP contribution in [0.25, 0.3) is 11.5 Å². The van der Waals surface area contributed by atoms with E-state index in [2.05, 4.69) is 32.6 Å². The average molecular weight is 343 g/mol. The van der Waals surface area contributed by atoms with E-state index < -0.39 is 0 Å². The molecule has 0 radical (unpaired) electrons. The Labute approximate surface area is 143 Å². The predicted octanol–water partition coefficient (Wildman–Crippen LogP) is 2.63. The number of carbonyl (C=O) groups excluding carboxylic acids is 1. The highest BCUT2D eigenvalue weighted by atomic mass is 32.2. The van der Waals surface area contributed by atoms with Gasteiger partial charge in [0.1, 0.15) is 0 Å². The van der Waals surface area contributed by atoms with Gasteiger partial charge in [0.2, 0.25) is 17.7 Å². The van der Waals surface area contributed by atoms with Crippen LogP contribution in [0.4, 0.5) is 0 Å². The number of aryl methyl sites for hydroxylation is 1. The molecular formula is C16H17N5O2S. The van der Waals surface area contributed by atoms with Crippen molar-refractivity contribution in [2.75, 3.05) is 5.75 Å². The first-order chi connectivity index (χ1) is 11.7. The molecule has 24 heavy (non-hydrogen) atoms. The maximum Gasteiger partial charge on any atom is 0.247 e. The molecule has 1 aromatic carbocycles. The fraction of sp³-hybridized carbons (Fsp3) is 0.312. The van der Waals surface area contributed by atoms with Gasteiger partial charge in [-0.2, -0.15) is 5.10 Å². The Morgan fingerprint density at radius 2 is 2.17 bits per heavy atom. The number of rotatable bonds is 6. The predicted molar refractivity (Wildman–Crippen MR) is 94.0 cm³/mol. The number of amidine groups is 1. The zero-order valence-electron chi connectivity index (χ0n) is 13.2. The lowest BCUT2D eigenvalue weighted by atomic mass is 10.1. The van der Waals surface area contributed by atoms with Gasteiger partial charge in [-0.15, -0.1) is 15.3 Å². The van der Waals surface area contributed by atoms with Gasteiger partial charge >= 0.3 is 0 Å². The number of benzene rings is 1. The van der Waals surface area contributed by atoms with Crippen LogP contribution in [-0.2, 0) is 11.2 Å². The summed E-state index contributed by atoms with van der Waals surface area (Å²) in [6.45, 7) is 2.13. The lowest BCUT2D eigenvalue weighted by molar-refractivity contribution is -0.116. The van der Waals surface area contributed by atoms with E-state index in [1.54, 1.807) is 6.21 Å². The molecule has 1 fully saturated rings. The standard InChI is InChI=1S/C16H17N5O2S/c1-2-3-4-14-19-20-15(23-14)12-7-5-11(6-8-12)9-17-21-16-18-13(22)10-24-16/h5-9H,2-4,10H2,1H3,(H,18,21,22). The highest BCUT2D eigenvalue weighted by molar-refractivity contribution is 8.15. The molecule has 0 unspecified atom stereocenters. The number of nitrogens with one attached hydrogen (secondary N) is 1. The molecule has 0 bridgehead atoms. The highest BCUT2D eigenvalue weighted by Crippen LogP contribution is 2.18. The summed E-state index contributed by atoms with van der Waals surface area (Å²) >= 11 is 1.34. The summed E-state index contributed by atoms with van der Waals surface area (Å²) in [7, 11) is 0. The van der Waals surface area contributed by atoms with Crippen molar-refractivity contribution >= 4 is 29.1 Å². The molecule has 0 aliphatic carbocycles. The topological polar surface area (TPSA) is 92.7 Å². The number of thioether (sulfide) groups is 1. The Bertz CT molecular complexity index is 767. The third-order valence-electron chi connectivity index (χ3n) is 3.31. The van der Waals surface area contributed by atoms with Crippen LogP contribution >= 0.6 is 11.8 Å². The Kier molecular flexibility index (Phi) is 5.37. The number of nitrogens with zero attached hydrogens (tertiary/aromatic N) is 4. The molecule has 1 amide bonds. The summed E-state index contributed by atoms with van der Waals surface area (Å²) in [6.07, 6.45) is 4.57. The van der Waals surface area contributed by atoms with E-state index >= 15 is 0 Å². The molecule has 0 atom stereocenters. The van der Waals surface area contributed by atoms with Gasteiger partial charge in [0, 0.05) is 12.0 Å². The first-order valence-electron chi connectivity index (χ1n) is 7.71. The molecule has 2 aromatic rings. The molecule has 0 saturated carbocycles. The molecule has 0 spiro atoms. The number of aromatic nitrogens is 2. The van der Waals surface area contributed by atoms with Crippen molar-refractivity contribution in [3.63, 3.8) is 0 Å². The van der Waals surface area contributed by atoms with E-state index in [-0.39, 0.29) is 5.91 Å². The van der Waals surface area contributed by atoms with Gasteiger partial charge in [0.05, 0.1) is 12.0 Å².